The Bertz CT molecular complexity index is 253. The van der Waals surface area contributed by atoms with Gasteiger partial charge in [0, 0.05) is 6.04 Å². The molecule has 0 saturated carbocycles. The minimum Gasteiger partial charge on any atom is -0.314 e. The molecule has 0 radical (unpaired) electrons. The molecule has 4 heteroatoms. The first-order valence-electron chi connectivity index (χ1n) is 5.47. The van der Waals surface area contributed by atoms with Crippen molar-refractivity contribution >= 4 is 9.84 Å². The summed E-state index contributed by atoms with van der Waals surface area (Å²) in [7, 11) is -2.84. The summed E-state index contributed by atoms with van der Waals surface area (Å²) in [5.41, 5.74) is 0. The van der Waals surface area contributed by atoms with E-state index in [1.54, 1.807) is 13.8 Å². The van der Waals surface area contributed by atoms with Crippen LogP contribution in [0.25, 0.3) is 0 Å². The second-order valence-electron chi connectivity index (χ2n) is 4.35. The maximum Gasteiger partial charge on any atom is 0.152 e. The van der Waals surface area contributed by atoms with E-state index in [-0.39, 0.29) is 5.25 Å². The molecule has 1 rings (SSSR count). The van der Waals surface area contributed by atoms with Crippen LogP contribution in [0, 0.1) is 0 Å². The van der Waals surface area contributed by atoms with Crippen LogP contribution in [0.4, 0.5) is 0 Å². The van der Waals surface area contributed by atoms with Gasteiger partial charge < -0.3 is 5.32 Å². The summed E-state index contributed by atoms with van der Waals surface area (Å²) in [5, 5.41) is 3.14. The van der Waals surface area contributed by atoms with E-state index < -0.39 is 9.84 Å². The largest absolute Gasteiger partial charge is 0.314 e. The quantitative estimate of drug-likeness (QED) is 0.776. The fraction of sp³-hybridized carbons (Fsp3) is 1.00. The van der Waals surface area contributed by atoms with Crippen molar-refractivity contribution in [3.05, 3.63) is 0 Å². The first kappa shape index (κ1) is 12.0. The number of piperidine rings is 1. The third-order valence-corrected chi connectivity index (χ3v) is 5.12. The summed E-state index contributed by atoms with van der Waals surface area (Å²) in [4.78, 5) is 0. The van der Waals surface area contributed by atoms with E-state index >= 15 is 0 Å². The smallest absolute Gasteiger partial charge is 0.152 e. The lowest BCUT2D eigenvalue weighted by atomic mass is 10.0. The molecule has 1 unspecified atom stereocenters. The highest BCUT2D eigenvalue weighted by molar-refractivity contribution is 7.91. The molecule has 1 aliphatic heterocycles. The predicted octanol–water partition coefficient (Wildman–Crippen LogP) is 1.34. The second-order valence-corrected chi connectivity index (χ2v) is 7.03. The van der Waals surface area contributed by atoms with Crippen LogP contribution in [0.1, 0.15) is 39.5 Å². The molecule has 1 heterocycles. The first-order valence-corrected chi connectivity index (χ1v) is 7.19. The minimum absolute atomic E-state index is 0.230. The van der Waals surface area contributed by atoms with Crippen LogP contribution in [-0.2, 0) is 9.84 Å². The van der Waals surface area contributed by atoms with Crippen LogP contribution in [0.2, 0.25) is 0 Å². The van der Waals surface area contributed by atoms with Gasteiger partial charge in [0.2, 0.25) is 0 Å². The van der Waals surface area contributed by atoms with E-state index in [1.807, 2.05) is 0 Å². The molecule has 0 bridgehead atoms. The van der Waals surface area contributed by atoms with Gasteiger partial charge in [0.05, 0.1) is 11.0 Å². The van der Waals surface area contributed by atoms with E-state index in [1.165, 1.54) is 12.8 Å². The van der Waals surface area contributed by atoms with Crippen LogP contribution in [0.3, 0.4) is 0 Å². The SMILES string of the molecule is CC(C)S(=O)(=O)CCC1CCCCN1. The molecule has 0 amide bonds. The predicted molar refractivity (Wildman–Crippen MR) is 59.2 cm³/mol. The molecule has 0 aliphatic carbocycles. The summed E-state index contributed by atoms with van der Waals surface area (Å²) < 4.78 is 23.1. The monoisotopic (exact) mass is 219 g/mol. The molecule has 3 nitrogen and oxygen atoms in total. The molecular formula is C10H21NO2S. The third-order valence-electron chi connectivity index (χ3n) is 2.88. The third kappa shape index (κ3) is 3.58. The maximum absolute atomic E-state index is 11.5. The Labute approximate surface area is 87.2 Å². The second kappa shape index (κ2) is 5.12. The lowest BCUT2D eigenvalue weighted by Crippen LogP contribution is -2.36. The zero-order valence-electron chi connectivity index (χ0n) is 9.12. The number of nitrogens with one attached hydrogen (secondary N) is 1. The molecule has 1 atom stereocenters. The van der Waals surface area contributed by atoms with Gasteiger partial charge in [-0.25, -0.2) is 8.42 Å². The van der Waals surface area contributed by atoms with Crippen LogP contribution >= 0.6 is 0 Å². The highest BCUT2D eigenvalue weighted by Gasteiger charge is 2.19. The highest BCUT2D eigenvalue weighted by Crippen LogP contribution is 2.12. The maximum atomic E-state index is 11.5. The van der Waals surface area contributed by atoms with Crippen molar-refractivity contribution in [3.63, 3.8) is 0 Å². The summed E-state index contributed by atoms with van der Waals surface area (Å²) in [5.74, 6) is 0.336. The molecule has 0 aromatic heterocycles. The summed E-state index contributed by atoms with van der Waals surface area (Å²) in [6.45, 7) is 4.56. The number of hydrogen-bond donors (Lipinski definition) is 1. The van der Waals surface area contributed by atoms with Crippen molar-refractivity contribution in [2.75, 3.05) is 12.3 Å². The van der Waals surface area contributed by atoms with E-state index in [0.717, 1.165) is 19.4 Å². The number of hydrogen-bond acceptors (Lipinski definition) is 3. The standard InChI is InChI=1S/C10H21NO2S/c1-9(2)14(12,13)8-6-10-5-3-4-7-11-10/h9-11H,3-8H2,1-2H3. The number of sulfone groups is 1. The van der Waals surface area contributed by atoms with Crippen molar-refractivity contribution < 1.29 is 8.42 Å². The lowest BCUT2D eigenvalue weighted by Gasteiger charge is -2.23. The van der Waals surface area contributed by atoms with E-state index in [2.05, 4.69) is 5.32 Å². The lowest BCUT2D eigenvalue weighted by molar-refractivity contribution is 0.392. The summed E-state index contributed by atoms with van der Waals surface area (Å²) >= 11 is 0. The Kier molecular flexibility index (Phi) is 4.38. The Morgan fingerprint density at radius 2 is 2.07 bits per heavy atom. The fourth-order valence-corrected chi connectivity index (χ4v) is 2.80. The van der Waals surface area contributed by atoms with E-state index in [4.69, 9.17) is 0 Å². The Morgan fingerprint density at radius 1 is 1.36 bits per heavy atom. The molecule has 1 N–H and O–H groups in total. The minimum atomic E-state index is -2.84. The molecule has 1 saturated heterocycles. The van der Waals surface area contributed by atoms with E-state index in [9.17, 15) is 8.42 Å². The van der Waals surface area contributed by atoms with Crippen molar-refractivity contribution in [2.45, 2.75) is 50.8 Å². The van der Waals surface area contributed by atoms with Gasteiger partial charge in [-0.15, -0.1) is 0 Å². The van der Waals surface area contributed by atoms with Gasteiger partial charge >= 0.3 is 0 Å². The van der Waals surface area contributed by atoms with Crippen molar-refractivity contribution in [1.29, 1.82) is 0 Å². The van der Waals surface area contributed by atoms with Crippen LogP contribution in [0.5, 0.6) is 0 Å². The fourth-order valence-electron chi connectivity index (χ4n) is 1.71. The number of rotatable bonds is 4. The molecule has 0 aromatic rings. The van der Waals surface area contributed by atoms with Gasteiger partial charge in [0.15, 0.2) is 9.84 Å². The molecule has 0 spiro atoms. The first-order chi connectivity index (χ1) is 6.52. The Balaban J connectivity index is 2.32. The highest BCUT2D eigenvalue weighted by atomic mass is 32.2. The molecule has 1 aliphatic rings. The van der Waals surface area contributed by atoms with Gasteiger partial charge in [0.25, 0.3) is 0 Å². The average molecular weight is 219 g/mol. The summed E-state index contributed by atoms with van der Waals surface area (Å²) in [6, 6.07) is 0.428. The molecular weight excluding hydrogens is 198 g/mol. The molecule has 14 heavy (non-hydrogen) atoms. The van der Waals surface area contributed by atoms with Gasteiger partial charge in [-0.05, 0) is 39.7 Å². The van der Waals surface area contributed by atoms with Crippen molar-refractivity contribution in [2.24, 2.45) is 0 Å². The Hall–Kier alpha value is -0.0900. The van der Waals surface area contributed by atoms with Crippen molar-refractivity contribution in [1.82, 2.24) is 5.32 Å². The van der Waals surface area contributed by atoms with Crippen LogP contribution < -0.4 is 5.32 Å². The van der Waals surface area contributed by atoms with Gasteiger partial charge in [-0.1, -0.05) is 6.42 Å². The van der Waals surface area contributed by atoms with Gasteiger partial charge in [-0.2, -0.15) is 0 Å². The van der Waals surface area contributed by atoms with Crippen LogP contribution in [-0.4, -0.2) is 32.0 Å². The van der Waals surface area contributed by atoms with Crippen LogP contribution in [0.15, 0.2) is 0 Å². The van der Waals surface area contributed by atoms with Crippen molar-refractivity contribution in [3.8, 4) is 0 Å². The van der Waals surface area contributed by atoms with Gasteiger partial charge in [-0.3, -0.25) is 0 Å². The Morgan fingerprint density at radius 3 is 2.57 bits per heavy atom. The zero-order chi connectivity index (χ0) is 10.6. The molecule has 84 valence electrons. The normalized spacial score (nSPS) is 24.1. The van der Waals surface area contributed by atoms with E-state index in [0.29, 0.717) is 11.8 Å². The molecule has 1 fully saturated rings. The average Bonchev–Trinajstić information content (AvgIpc) is 2.16. The van der Waals surface area contributed by atoms with Gasteiger partial charge in [0.1, 0.15) is 0 Å². The topological polar surface area (TPSA) is 46.2 Å². The summed E-state index contributed by atoms with van der Waals surface area (Å²) in [6.07, 6.45) is 4.38. The zero-order valence-corrected chi connectivity index (χ0v) is 9.94. The molecule has 0 aromatic carbocycles.